The molecule has 0 saturated carbocycles. The van der Waals surface area contributed by atoms with Crippen molar-refractivity contribution in [1.82, 2.24) is 0 Å². The largest absolute Gasteiger partial charge is 0.481 e. The van der Waals surface area contributed by atoms with Crippen LogP contribution >= 0.6 is 0 Å². The van der Waals surface area contributed by atoms with Crippen LogP contribution in [0.1, 0.15) is 77.6 Å². The fourth-order valence-corrected chi connectivity index (χ4v) is 2.04. The number of hydrogen-bond donors (Lipinski definition) is 1. The van der Waals surface area contributed by atoms with Crippen LogP contribution in [0.2, 0.25) is 0 Å². The van der Waals surface area contributed by atoms with Crippen LogP contribution in [0.3, 0.4) is 0 Å². The summed E-state index contributed by atoms with van der Waals surface area (Å²) in [6.07, 6.45) is 17.9. The molecule has 0 spiro atoms. The Morgan fingerprint density at radius 2 is 1.52 bits per heavy atom. The molecule has 0 rings (SSSR count). The van der Waals surface area contributed by atoms with Gasteiger partial charge in [0.25, 0.3) is 0 Å². The highest BCUT2D eigenvalue weighted by molar-refractivity contribution is 5.89. The van der Waals surface area contributed by atoms with E-state index in [1.54, 1.807) is 6.08 Å². The number of hydrogen-bond acceptors (Lipinski definition) is 2. The van der Waals surface area contributed by atoms with Gasteiger partial charge < -0.3 is 5.11 Å². The van der Waals surface area contributed by atoms with Gasteiger partial charge in [0, 0.05) is 12.8 Å². The first-order chi connectivity index (χ1) is 10.2. The van der Waals surface area contributed by atoms with Gasteiger partial charge in [0.15, 0.2) is 5.78 Å². The van der Waals surface area contributed by atoms with Gasteiger partial charge in [-0.15, -0.1) is 0 Å². The third-order valence-electron chi connectivity index (χ3n) is 3.32. The van der Waals surface area contributed by atoms with Crippen molar-refractivity contribution in [2.75, 3.05) is 0 Å². The average molecular weight is 294 g/mol. The van der Waals surface area contributed by atoms with Gasteiger partial charge in [-0.25, -0.2) is 0 Å². The summed E-state index contributed by atoms with van der Waals surface area (Å²) in [5.41, 5.74) is 0. The number of ketones is 1. The SMILES string of the molecule is CCCCCC(=O)/C=C/C=C/CCCCCCCC(=O)O. The van der Waals surface area contributed by atoms with Gasteiger partial charge in [-0.3, -0.25) is 9.59 Å². The number of carbonyl (C=O) groups is 2. The number of unbranched alkanes of at least 4 members (excludes halogenated alkanes) is 7. The molecule has 0 aliphatic carbocycles. The second-order valence-corrected chi connectivity index (χ2v) is 5.41. The molecular formula is C18H30O3. The number of carboxylic acid groups (broad SMARTS) is 1. The van der Waals surface area contributed by atoms with Crippen LogP contribution in [0.4, 0.5) is 0 Å². The molecule has 0 aromatic heterocycles. The molecule has 0 aliphatic rings. The molecule has 0 bridgehead atoms. The zero-order valence-electron chi connectivity index (χ0n) is 13.4. The Morgan fingerprint density at radius 3 is 2.24 bits per heavy atom. The molecule has 0 fully saturated rings. The fourth-order valence-electron chi connectivity index (χ4n) is 2.04. The van der Waals surface area contributed by atoms with Crippen LogP contribution < -0.4 is 0 Å². The Morgan fingerprint density at radius 1 is 0.857 bits per heavy atom. The van der Waals surface area contributed by atoms with Gasteiger partial charge in [-0.05, 0) is 31.8 Å². The molecule has 0 unspecified atom stereocenters. The van der Waals surface area contributed by atoms with Gasteiger partial charge in [-0.2, -0.15) is 0 Å². The van der Waals surface area contributed by atoms with Gasteiger partial charge in [0.2, 0.25) is 0 Å². The normalized spacial score (nSPS) is 11.5. The van der Waals surface area contributed by atoms with Crippen molar-refractivity contribution in [2.45, 2.75) is 77.6 Å². The summed E-state index contributed by atoms with van der Waals surface area (Å²) in [7, 11) is 0. The zero-order valence-corrected chi connectivity index (χ0v) is 13.4. The zero-order chi connectivity index (χ0) is 15.8. The number of rotatable bonds is 14. The summed E-state index contributed by atoms with van der Waals surface area (Å²) in [6, 6.07) is 0. The van der Waals surface area contributed by atoms with Crippen molar-refractivity contribution < 1.29 is 14.7 Å². The average Bonchev–Trinajstić information content (AvgIpc) is 2.44. The highest BCUT2D eigenvalue weighted by atomic mass is 16.4. The maximum Gasteiger partial charge on any atom is 0.303 e. The molecule has 3 nitrogen and oxygen atoms in total. The summed E-state index contributed by atoms with van der Waals surface area (Å²) in [5.74, 6) is -0.486. The summed E-state index contributed by atoms with van der Waals surface area (Å²) < 4.78 is 0. The van der Waals surface area contributed by atoms with E-state index in [-0.39, 0.29) is 12.2 Å². The summed E-state index contributed by atoms with van der Waals surface area (Å²) in [6.45, 7) is 2.13. The van der Waals surface area contributed by atoms with Gasteiger partial charge >= 0.3 is 5.97 Å². The Bertz CT molecular complexity index is 329. The highest BCUT2D eigenvalue weighted by Gasteiger charge is 1.96. The molecule has 0 atom stereocenters. The van der Waals surface area contributed by atoms with E-state index >= 15 is 0 Å². The van der Waals surface area contributed by atoms with Crippen molar-refractivity contribution in [2.24, 2.45) is 0 Å². The number of allylic oxidation sites excluding steroid dienone is 4. The molecule has 0 radical (unpaired) electrons. The smallest absolute Gasteiger partial charge is 0.303 e. The van der Waals surface area contributed by atoms with Gasteiger partial charge in [-0.1, -0.05) is 57.3 Å². The summed E-state index contributed by atoms with van der Waals surface area (Å²) in [5, 5.41) is 8.50. The Labute approximate surface area is 129 Å². The summed E-state index contributed by atoms with van der Waals surface area (Å²) >= 11 is 0. The van der Waals surface area contributed by atoms with Gasteiger partial charge in [0.1, 0.15) is 0 Å². The topological polar surface area (TPSA) is 54.4 Å². The van der Waals surface area contributed by atoms with Crippen molar-refractivity contribution in [3.05, 3.63) is 24.3 Å². The van der Waals surface area contributed by atoms with Crippen LogP contribution in [-0.4, -0.2) is 16.9 Å². The van der Waals surface area contributed by atoms with E-state index in [2.05, 4.69) is 13.0 Å². The van der Waals surface area contributed by atoms with Gasteiger partial charge in [0.05, 0.1) is 0 Å². The van der Waals surface area contributed by atoms with Crippen LogP contribution in [0.15, 0.2) is 24.3 Å². The van der Waals surface area contributed by atoms with E-state index < -0.39 is 5.97 Å². The molecule has 0 saturated heterocycles. The van der Waals surface area contributed by atoms with E-state index in [1.807, 2.05) is 12.2 Å². The van der Waals surface area contributed by atoms with Crippen LogP contribution in [0.25, 0.3) is 0 Å². The molecule has 1 N–H and O–H groups in total. The predicted octanol–water partition coefficient (Wildman–Crippen LogP) is 5.06. The minimum Gasteiger partial charge on any atom is -0.481 e. The lowest BCUT2D eigenvalue weighted by atomic mass is 10.1. The minimum atomic E-state index is -0.700. The van der Waals surface area contributed by atoms with Crippen molar-refractivity contribution in [1.29, 1.82) is 0 Å². The molecule has 0 aliphatic heterocycles. The molecular weight excluding hydrogens is 264 g/mol. The minimum absolute atomic E-state index is 0.214. The monoisotopic (exact) mass is 294 g/mol. The van der Waals surface area contributed by atoms with E-state index in [0.717, 1.165) is 57.8 Å². The van der Waals surface area contributed by atoms with Crippen LogP contribution in [0, 0.1) is 0 Å². The highest BCUT2D eigenvalue weighted by Crippen LogP contribution is 2.07. The Balaban J connectivity index is 3.39. The molecule has 0 aromatic carbocycles. The quantitative estimate of drug-likeness (QED) is 0.277. The van der Waals surface area contributed by atoms with E-state index in [4.69, 9.17) is 5.11 Å². The van der Waals surface area contributed by atoms with E-state index in [0.29, 0.717) is 6.42 Å². The lowest BCUT2D eigenvalue weighted by molar-refractivity contribution is -0.137. The number of carboxylic acids is 1. The Hall–Kier alpha value is -1.38. The standard InChI is InChI=1S/C18H30O3/c1-2-3-11-14-17(19)15-12-9-7-5-4-6-8-10-13-16-18(20)21/h7,9,12,15H,2-6,8,10-11,13-14,16H2,1H3,(H,20,21)/b9-7+,15-12+. The lowest BCUT2D eigenvalue weighted by Gasteiger charge is -1.97. The molecule has 0 aromatic rings. The molecule has 3 heteroatoms. The number of aliphatic carboxylic acids is 1. The summed E-state index contributed by atoms with van der Waals surface area (Å²) in [4.78, 5) is 21.8. The van der Waals surface area contributed by atoms with Crippen LogP contribution in [0.5, 0.6) is 0 Å². The third kappa shape index (κ3) is 16.6. The predicted molar refractivity (Wildman–Crippen MR) is 87.4 cm³/mol. The van der Waals surface area contributed by atoms with Crippen molar-refractivity contribution >= 4 is 11.8 Å². The van der Waals surface area contributed by atoms with Crippen LogP contribution in [-0.2, 0) is 9.59 Å². The first-order valence-electron chi connectivity index (χ1n) is 8.24. The maximum absolute atomic E-state index is 11.4. The van der Waals surface area contributed by atoms with Crippen molar-refractivity contribution in [3.8, 4) is 0 Å². The molecule has 21 heavy (non-hydrogen) atoms. The second kappa shape index (κ2) is 15.0. The number of carbonyl (C=O) groups excluding carboxylic acids is 1. The maximum atomic E-state index is 11.4. The third-order valence-corrected chi connectivity index (χ3v) is 3.32. The van der Waals surface area contributed by atoms with E-state index in [9.17, 15) is 9.59 Å². The molecule has 0 heterocycles. The first kappa shape index (κ1) is 19.6. The second-order valence-electron chi connectivity index (χ2n) is 5.41. The first-order valence-corrected chi connectivity index (χ1v) is 8.24. The lowest BCUT2D eigenvalue weighted by Crippen LogP contribution is -1.93. The Kier molecular flexibility index (Phi) is 14.0. The van der Waals surface area contributed by atoms with E-state index in [1.165, 1.54) is 0 Å². The fraction of sp³-hybridized carbons (Fsp3) is 0.667. The molecule has 120 valence electrons. The van der Waals surface area contributed by atoms with Crippen molar-refractivity contribution in [3.63, 3.8) is 0 Å². The molecule has 0 amide bonds.